The van der Waals surface area contributed by atoms with Gasteiger partial charge in [0.15, 0.2) is 0 Å². The van der Waals surface area contributed by atoms with E-state index in [1.165, 1.54) is 22.5 Å². The van der Waals surface area contributed by atoms with Crippen LogP contribution >= 0.6 is 0 Å². The van der Waals surface area contributed by atoms with Crippen molar-refractivity contribution in [1.29, 1.82) is 0 Å². The summed E-state index contributed by atoms with van der Waals surface area (Å²) in [5.41, 5.74) is 4.86. The van der Waals surface area contributed by atoms with Crippen molar-refractivity contribution < 1.29 is 0 Å². The highest BCUT2D eigenvalue weighted by molar-refractivity contribution is 5.57. The number of aryl methyl sites for hydroxylation is 2. The van der Waals surface area contributed by atoms with Crippen molar-refractivity contribution in [3.63, 3.8) is 0 Å². The topological polar surface area (TPSA) is 40.7 Å². The van der Waals surface area contributed by atoms with Gasteiger partial charge in [0, 0.05) is 30.3 Å². The summed E-state index contributed by atoms with van der Waals surface area (Å²) in [4.78, 5) is 8.15. The molecule has 0 bridgehead atoms. The summed E-state index contributed by atoms with van der Waals surface area (Å²) in [5, 5.41) is 3.29. The molecule has 3 heteroatoms. The molecule has 2 aromatic rings. The number of H-pyrrole nitrogens is 1. The highest BCUT2D eigenvalue weighted by Crippen LogP contribution is 2.25. The molecule has 17 heavy (non-hydrogen) atoms. The quantitative estimate of drug-likeness (QED) is 0.827. The van der Waals surface area contributed by atoms with Crippen LogP contribution in [0.3, 0.4) is 0 Å². The van der Waals surface area contributed by atoms with E-state index in [4.69, 9.17) is 4.98 Å². The van der Waals surface area contributed by atoms with Gasteiger partial charge in [0.25, 0.3) is 0 Å². The fourth-order valence-corrected chi connectivity index (χ4v) is 2.28. The summed E-state index contributed by atoms with van der Waals surface area (Å²) in [6.45, 7) is 6.33. The van der Waals surface area contributed by atoms with E-state index in [0.29, 0.717) is 5.92 Å². The van der Waals surface area contributed by atoms with Crippen molar-refractivity contribution in [1.82, 2.24) is 15.3 Å². The molecular weight excluding hydrogens is 210 g/mol. The van der Waals surface area contributed by atoms with Gasteiger partial charge in [-0.1, -0.05) is 23.8 Å². The van der Waals surface area contributed by atoms with E-state index in [9.17, 15) is 0 Å². The lowest BCUT2D eigenvalue weighted by atomic mass is 9.98. The van der Waals surface area contributed by atoms with Crippen LogP contribution in [-0.2, 0) is 0 Å². The first kappa shape index (κ1) is 10.5. The molecule has 0 aliphatic carbocycles. The predicted molar refractivity (Wildman–Crippen MR) is 69.1 cm³/mol. The van der Waals surface area contributed by atoms with Gasteiger partial charge >= 0.3 is 0 Å². The number of hydrogen-bond acceptors (Lipinski definition) is 2. The van der Waals surface area contributed by atoms with Crippen LogP contribution < -0.4 is 5.32 Å². The van der Waals surface area contributed by atoms with Crippen LogP contribution in [-0.4, -0.2) is 23.1 Å². The first-order valence-corrected chi connectivity index (χ1v) is 6.08. The third-order valence-corrected chi connectivity index (χ3v) is 3.38. The van der Waals surface area contributed by atoms with E-state index in [1.54, 1.807) is 0 Å². The zero-order valence-electron chi connectivity index (χ0n) is 10.2. The lowest BCUT2D eigenvalue weighted by molar-refractivity contribution is 0.439. The minimum Gasteiger partial charge on any atom is -0.342 e. The Bertz CT molecular complexity index is 538. The van der Waals surface area contributed by atoms with Crippen molar-refractivity contribution in [3.8, 4) is 11.4 Å². The number of nitrogens with one attached hydrogen (secondary N) is 2. The molecule has 1 saturated heterocycles. The summed E-state index contributed by atoms with van der Waals surface area (Å²) in [5.74, 6) is 1.58. The van der Waals surface area contributed by atoms with Gasteiger partial charge in [0.05, 0.1) is 5.69 Å². The monoisotopic (exact) mass is 227 g/mol. The Labute approximate surface area is 101 Å². The maximum absolute atomic E-state index is 4.75. The number of rotatable bonds is 2. The number of aromatic amines is 1. The van der Waals surface area contributed by atoms with Crippen LogP contribution in [0, 0.1) is 13.8 Å². The van der Waals surface area contributed by atoms with Gasteiger partial charge in [0.1, 0.15) is 5.82 Å². The number of nitrogens with zero attached hydrogens (tertiary/aromatic N) is 1. The van der Waals surface area contributed by atoms with Crippen LogP contribution in [0.5, 0.6) is 0 Å². The van der Waals surface area contributed by atoms with Crippen LogP contribution in [0.15, 0.2) is 24.3 Å². The van der Waals surface area contributed by atoms with Crippen LogP contribution in [0.1, 0.15) is 22.9 Å². The summed E-state index contributed by atoms with van der Waals surface area (Å²) in [6, 6.07) is 8.46. The molecule has 2 N–H and O–H groups in total. The standard InChI is InChI=1S/C14H17N3/c1-9-4-3-5-11(6-9)14-16-10(2)13(17-14)12-7-15-8-12/h3-6,12,15H,7-8H2,1-2H3,(H,16,17). The van der Waals surface area contributed by atoms with E-state index < -0.39 is 0 Å². The van der Waals surface area contributed by atoms with Crippen molar-refractivity contribution in [3.05, 3.63) is 41.2 Å². The molecule has 1 aromatic heterocycles. The minimum absolute atomic E-state index is 0.588. The molecule has 0 atom stereocenters. The molecule has 0 saturated carbocycles. The largest absolute Gasteiger partial charge is 0.342 e. The SMILES string of the molecule is Cc1cccc(-c2nc(C3CNC3)c(C)[nH]2)c1. The van der Waals surface area contributed by atoms with Gasteiger partial charge < -0.3 is 10.3 Å². The van der Waals surface area contributed by atoms with Gasteiger partial charge in [-0.15, -0.1) is 0 Å². The first-order valence-electron chi connectivity index (χ1n) is 6.08. The van der Waals surface area contributed by atoms with E-state index in [0.717, 1.165) is 18.9 Å². The Kier molecular flexibility index (Phi) is 2.48. The Morgan fingerprint density at radius 2 is 2.06 bits per heavy atom. The zero-order valence-corrected chi connectivity index (χ0v) is 10.2. The molecule has 0 amide bonds. The summed E-state index contributed by atoms with van der Waals surface area (Å²) >= 11 is 0. The zero-order chi connectivity index (χ0) is 11.8. The molecule has 1 fully saturated rings. The van der Waals surface area contributed by atoms with Gasteiger partial charge in [-0.3, -0.25) is 0 Å². The van der Waals surface area contributed by atoms with E-state index in [2.05, 4.69) is 48.4 Å². The Morgan fingerprint density at radius 3 is 2.71 bits per heavy atom. The smallest absolute Gasteiger partial charge is 0.137 e. The Hall–Kier alpha value is -1.61. The second kappa shape index (κ2) is 4.00. The summed E-state index contributed by atoms with van der Waals surface area (Å²) in [7, 11) is 0. The molecule has 88 valence electrons. The average Bonchev–Trinajstić information content (AvgIpc) is 2.59. The molecule has 1 aliphatic rings. The average molecular weight is 227 g/mol. The maximum atomic E-state index is 4.75. The molecule has 3 rings (SSSR count). The highest BCUT2D eigenvalue weighted by Gasteiger charge is 2.24. The van der Waals surface area contributed by atoms with E-state index >= 15 is 0 Å². The van der Waals surface area contributed by atoms with Gasteiger partial charge in [-0.05, 0) is 19.9 Å². The molecule has 0 radical (unpaired) electrons. The van der Waals surface area contributed by atoms with Gasteiger partial charge in [-0.25, -0.2) is 4.98 Å². The van der Waals surface area contributed by atoms with Crippen molar-refractivity contribution in [2.24, 2.45) is 0 Å². The molecular formula is C14H17N3. The lowest BCUT2D eigenvalue weighted by Crippen LogP contribution is -2.40. The lowest BCUT2D eigenvalue weighted by Gasteiger charge is -2.25. The van der Waals surface area contributed by atoms with Crippen LogP contribution in [0.2, 0.25) is 0 Å². The normalized spacial score (nSPS) is 15.9. The molecule has 1 aromatic carbocycles. The molecule has 0 spiro atoms. The third kappa shape index (κ3) is 1.87. The molecule has 3 nitrogen and oxygen atoms in total. The molecule has 2 heterocycles. The van der Waals surface area contributed by atoms with Crippen molar-refractivity contribution in [2.45, 2.75) is 19.8 Å². The predicted octanol–water partition coefficient (Wildman–Crippen LogP) is 2.38. The second-order valence-corrected chi connectivity index (χ2v) is 4.82. The number of hydrogen-bond donors (Lipinski definition) is 2. The third-order valence-electron chi connectivity index (χ3n) is 3.38. The van der Waals surface area contributed by atoms with Gasteiger partial charge in [0.2, 0.25) is 0 Å². The van der Waals surface area contributed by atoms with Crippen LogP contribution in [0.4, 0.5) is 0 Å². The summed E-state index contributed by atoms with van der Waals surface area (Å²) in [6.07, 6.45) is 0. The van der Waals surface area contributed by atoms with E-state index in [-0.39, 0.29) is 0 Å². The Balaban J connectivity index is 1.98. The summed E-state index contributed by atoms with van der Waals surface area (Å²) < 4.78 is 0. The number of imidazole rings is 1. The van der Waals surface area contributed by atoms with Crippen molar-refractivity contribution in [2.75, 3.05) is 13.1 Å². The molecule has 1 aliphatic heterocycles. The van der Waals surface area contributed by atoms with Gasteiger partial charge in [-0.2, -0.15) is 0 Å². The fraction of sp³-hybridized carbons (Fsp3) is 0.357. The maximum Gasteiger partial charge on any atom is 0.137 e. The second-order valence-electron chi connectivity index (χ2n) is 4.82. The minimum atomic E-state index is 0.588. The van der Waals surface area contributed by atoms with Crippen molar-refractivity contribution >= 4 is 0 Å². The number of benzene rings is 1. The Morgan fingerprint density at radius 1 is 1.24 bits per heavy atom. The first-order chi connectivity index (χ1) is 8.24. The van der Waals surface area contributed by atoms with E-state index in [1.807, 2.05) is 0 Å². The van der Waals surface area contributed by atoms with Crippen LogP contribution in [0.25, 0.3) is 11.4 Å². The molecule has 0 unspecified atom stereocenters. The number of aromatic nitrogens is 2. The highest BCUT2D eigenvalue weighted by atomic mass is 15.0. The fourth-order valence-electron chi connectivity index (χ4n) is 2.28.